The van der Waals surface area contributed by atoms with Gasteiger partial charge in [0.2, 0.25) is 0 Å². The zero-order valence-electron chi connectivity index (χ0n) is 11.2. The molecule has 0 bridgehead atoms. The molecule has 0 radical (unpaired) electrons. The molecule has 2 heteroatoms. The van der Waals surface area contributed by atoms with Crippen molar-refractivity contribution in [2.75, 3.05) is 24.6 Å². The number of anilines is 1. The van der Waals surface area contributed by atoms with Gasteiger partial charge in [-0.15, -0.1) is 0 Å². The van der Waals surface area contributed by atoms with Crippen molar-refractivity contribution in [2.45, 2.75) is 38.5 Å². The van der Waals surface area contributed by atoms with Crippen LogP contribution in [0.2, 0.25) is 0 Å². The van der Waals surface area contributed by atoms with Gasteiger partial charge >= 0.3 is 0 Å². The smallest absolute Gasteiger partial charge is 0.0497 e. The number of rotatable bonds is 4. The van der Waals surface area contributed by atoms with Gasteiger partial charge in [-0.3, -0.25) is 0 Å². The lowest BCUT2D eigenvalue weighted by Gasteiger charge is -2.31. The highest BCUT2D eigenvalue weighted by molar-refractivity contribution is 5.61. The highest BCUT2D eigenvalue weighted by atomic mass is 16.3. The molecule has 1 saturated carbocycles. The van der Waals surface area contributed by atoms with Crippen molar-refractivity contribution in [3.05, 3.63) is 29.3 Å². The molecule has 2 aliphatic rings. The predicted molar refractivity (Wildman–Crippen MR) is 75.2 cm³/mol. The molecule has 98 valence electrons. The lowest BCUT2D eigenvalue weighted by Crippen LogP contribution is -2.31. The van der Waals surface area contributed by atoms with Crippen molar-refractivity contribution < 1.29 is 5.11 Å². The van der Waals surface area contributed by atoms with Gasteiger partial charge < -0.3 is 10.0 Å². The molecule has 1 fully saturated rings. The fourth-order valence-electron chi connectivity index (χ4n) is 3.26. The SMILES string of the molecule is CC(CO)c1cccc2c1CCN2CC1CCC1. The highest BCUT2D eigenvalue weighted by Gasteiger charge is 2.27. The molecule has 2 nitrogen and oxygen atoms in total. The van der Waals surface area contributed by atoms with E-state index in [0.717, 1.165) is 12.3 Å². The van der Waals surface area contributed by atoms with Crippen molar-refractivity contribution in [2.24, 2.45) is 5.92 Å². The molecule has 1 heterocycles. The van der Waals surface area contributed by atoms with E-state index >= 15 is 0 Å². The molecule has 1 unspecified atom stereocenters. The van der Waals surface area contributed by atoms with E-state index in [1.165, 1.54) is 49.2 Å². The molecule has 18 heavy (non-hydrogen) atoms. The summed E-state index contributed by atoms with van der Waals surface area (Å²) in [6, 6.07) is 6.60. The molecule has 1 N–H and O–H groups in total. The first-order chi connectivity index (χ1) is 8.79. The van der Waals surface area contributed by atoms with Crippen LogP contribution in [-0.2, 0) is 6.42 Å². The third kappa shape index (κ3) is 2.03. The summed E-state index contributed by atoms with van der Waals surface area (Å²) in [5.41, 5.74) is 4.27. The average molecular weight is 245 g/mol. The lowest BCUT2D eigenvalue weighted by atomic mass is 9.85. The summed E-state index contributed by atoms with van der Waals surface area (Å²) in [6.07, 6.45) is 5.41. The summed E-state index contributed by atoms with van der Waals surface area (Å²) < 4.78 is 0. The molecule has 1 aliphatic carbocycles. The number of aliphatic hydroxyl groups excluding tert-OH is 1. The summed E-state index contributed by atoms with van der Waals surface area (Å²) in [4.78, 5) is 2.56. The fraction of sp³-hybridized carbons (Fsp3) is 0.625. The van der Waals surface area contributed by atoms with Crippen molar-refractivity contribution in [1.29, 1.82) is 0 Å². The molecular weight excluding hydrogens is 222 g/mol. The molecular formula is C16H23NO. The summed E-state index contributed by atoms with van der Waals surface area (Å²) in [5, 5.41) is 9.36. The molecule has 1 aliphatic heterocycles. The van der Waals surface area contributed by atoms with Gasteiger partial charge in [-0.2, -0.15) is 0 Å². The maximum atomic E-state index is 9.36. The van der Waals surface area contributed by atoms with Gasteiger partial charge in [0.25, 0.3) is 0 Å². The maximum absolute atomic E-state index is 9.36. The van der Waals surface area contributed by atoms with Crippen molar-refractivity contribution in [3.8, 4) is 0 Å². The van der Waals surface area contributed by atoms with Crippen LogP contribution in [0.15, 0.2) is 18.2 Å². The zero-order valence-corrected chi connectivity index (χ0v) is 11.2. The minimum Gasteiger partial charge on any atom is -0.396 e. The molecule has 0 amide bonds. The average Bonchev–Trinajstić information content (AvgIpc) is 2.76. The highest BCUT2D eigenvalue weighted by Crippen LogP contribution is 2.36. The van der Waals surface area contributed by atoms with Crippen LogP contribution >= 0.6 is 0 Å². The maximum Gasteiger partial charge on any atom is 0.0497 e. The number of hydrogen-bond donors (Lipinski definition) is 1. The van der Waals surface area contributed by atoms with Crippen LogP contribution in [0.3, 0.4) is 0 Å². The first-order valence-corrected chi connectivity index (χ1v) is 7.27. The standard InChI is InChI=1S/C16H23NO/c1-12(11-18)14-6-3-7-16-15(14)8-9-17(16)10-13-4-2-5-13/h3,6-7,12-13,18H,2,4-5,8-11H2,1H3. The van der Waals surface area contributed by atoms with Gasteiger partial charge in [0.05, 0.1) is 0 Å². The van der Waals surface area contributed by atoms with E-state index in [4.69, 9.17) is 0 Å². The first-order valence-electron chi connectivity index (χ1n) is 7.27. The van der Waals surface area contributed by atoms with Crippen LogP contribution in [0.25, 0.3) is 0 Å². The number of aliphatic hydroxyl groups is 1. The van der Waals surface area contributed by atoms with Gasteiger partial charge in [-0.25, -0.2) is 0 Å². The topological polar surface area (TPSA) is 23.5 Å². The molecule has 1 aromatic rings. The normalized spacial score (nSPS) is 20.7. The van der Waals surface area contributed by atoms with E-state index in [1.54, 1.807) is 0 Å². The van der Waals surface area contributed by atoms with Crippen molar-refractivity contribution >= 4 is 5.69 Å². The van der Waals surface area contributed by atoms with E-state index in [9.17, 15) is 5.11 Å². The van der Waals surface area contributed by atoms with Gasteiger partial charge in [0.1, 0.15) is 0 Å². The second-order valence-corrected chi connectivity index (χ2v) is 5.92. The Labute approximate surface area is 110 Å². The lowest BCUT2D eigenvalue weighted by molar-refractivity contribution is 0.272. The Morgan fingerprint density at radius 3 is 2.89 bits per heavy atom. The summed E-state index contributed by atoms with van der Waals surface area (Å²) >= 11 is 0. The van der Waals surface area contributed by atoms with Crippen LogP contribution in [0.1, 0.15) is 43.2 Å². The van der Waals surface area contributed by atoms with E-state index < -0.39 is 0 Å². The van der Waals surface area contributed by atoms with Crippen LogP contribution in [0.5, 0.6) is 0 Å². The first kappa shape index (κ1) is 12.0. The summed E-state index contributed by atoms with van der Waals surface area (Å²) in [5.74, 6) is 1.19. The minimum atomic E-state index is 0.249. The molecule has 0 aromatic heterocycles. The van der Waals surface area contributed by atoms with Crippen molar-refractivity contribution in [3.63, 3.8) is 0 Å². The van der Waals surface area contributed by atoms with Gasteiger partial charge in [-0.1, -0.05) is 25.5 Å². The van der Waals surface area contributed by atoms with Crippen molar-refractivity contribution in [1.82, 2.24) is 0 Å². The Morgan fingerprint density at radius 2 is 2.22 bits per heavy atom. The number of fused-ring (bicyclic) bond motifs is 1. The van der Waals surface area contributed by atoms with Crippen LogP contribution in [0.4, 0.5) is 5.69 Å². The van der Waals surface area contributed by atoms with E-state index in [0.29, 0.717) is 0 Å². The number of hydrogen-bond acceptors (Lipinski definition) is 2. The van der Waals surface area contributed by atoms with Gasteiger partial charge in [0, 0.05) is 31.3 Å². The van der Waals surface area contributed by atoms with Gasteiger partial charge in [-0.05, 0) is 42.4 Å². The quantitative estimate of drug-likeness (QED) is 0.881. The van der Waals surface area contributed by atoms with Gasteiger partial charge in [0.15, 0.2) is 0 Å². The molecule has 0 saturated heterocycles. The predicted octanol–water partition coefficient (Wildman–Crippen LogP) is 2.95. The molecule has 1 aromatic carbocycles. The monoisotopic (exact) mass is 245 g/mol. The number of benzene rings is 1. The molecule has 0 spiro atoms. The second kappa shape index (κ2) is 4.93. The second-order valence-electron chi connectivity index (χ2n) is 5.92. The van der Waals surface area contributed by atoms with Crippen LogP contribution in [0, 0.1) is 5.92 Å². The third-order valence-corrected chi connectivity index (χ3v) is 4.67. The minimum absolute atomic E-state index is 0.249. The Bertz CT molecular complexity index is 425. The van der Waals surface area contributed by atoms with Crippen LogP contribution in [-0.4, -0.2) is 24.8 Å². The fourth-order valence-corrected chi connectivity index (χ4v) is 3.26. The Morgan fingerprint density at radius 1 is 1.39 bits per heavy atom. The van der Waals surface area contributed by atoms with E-state index in [1.807, 2.05) is 0 Å². The molecule has 1 atom stereocenters. The van der Waals surface area contributed by atoms with E-state index in [2.05, 4.69) is 30.0 Å². The summed E-state index contributed by atoms with van der Waals surface area (Å²) in [6.45, 7) is 4.77. The third-order valence-electron chi connectivity index (χ3n) is 4.67. The molecule has 3 rings (SSSR count). The largest absolute Gasteiger partial charge is 0.396 e. The number of nitrogens with zero attached hydrogens (tertiary/aromatic N) is 1. The van der Waals surface area contributed by atoms with Crippen LogP contribution < -0.4 is 4.90 Å². The van der Waals surface area contributed by atoms with E-state index in [-0.39, 0.29) is 12.5 Å². The Kier molecular flexibility index (Phi) is 3.29. The Balaban J connectivity index is 1.82. The summed E-state index contributed by atoms with van der Waals surface area (Å²) in [7, 11) is 0. The Hall–Kier alpha value is -1.02. The zero-order chi connectivity index (χ0) is 12.5.